The summed E-state index contributed by atoms with van der Waals surface area (Å²) >= 11 is 1.30. The molecule has 0 aliphatic rings. The van der Waals surface area contributed by atoms with Gasteiger partial charge >= 0.3 is 5.69 Å². The Kier molecular flexibility index (Phi) is 3.84. The molecule has 0 saturated carbocycles. The Morgan fingerprint density at radius 1 is 1.32 bits per heavy atom. The number of thiazole rings is 1. The molecule has 0 bridgehead atoms. The van der Waals surface area contributed by atoms with Gasteiger partial charge in [0.05, 0.1) is 10.9 Å². The molecule has 0 saturated heterocycles. The van der Waals surface area contributed by atoms with Gasteiger partial charge in [0.2, 0.25) is 5.91 Å². The zero-order chi connectivity index (χ0) is 15.5. The summed E-state index contributed by atoms with van der Waals surface area (Å²) in [5.41, 5.74) is -0.437. The molecule has 0 aliphatic carbocycles. The number of anilines is 1. The molecule has 8 heteroatoms. The van der Waals surface area contributed by atoms with Crippen molar-refractivity contribution in [3.05, 3.63) is 56.7 Å². The van der Waals surface area contributed by atoms with E-state index >= 15 is 0 Å². The number of carbonyl (C=O) groups excluding carboxylic acids is 1. The number of amides is 1. The van der Waals surface area contributed by atoms with Gasteiger partial charge < -0.3 is 10.3 Å². The van der Waals surface area contributed by atoms with Gasteiger partial charge in [-0.2, -0.15) is 0 Å². The predicted octanol–water partition coefficient (Wildman–Crippen LogP) is 1.18. The number of nitrogens with one attached hydrogen (secondary N) is 2. The second-order valence-corrected chi connectivity index (χ2v) is 5.46. The number of carbonyl (C=O) groups is 1. The summed E-state index contributed by atoms with van der Waals surface area (Å²) in [6, 6.07) is 6.77. The van der Waals surface area contributed by atoms with E-state index < -0.39 is 11.2 Å². The zero-order valence-corrected chi connectivity index (χ0v) is 12.2. The molecule has 7 nitrogen and oxygen atoms in total. The highest BCUT2D eigenvalue weighted by Gasteiger charge is 2.10. The Hall–Kier alpha value is -2.74. The van der Waals surface area contributed by atoms with Crippen LogP contribution < -0.4 is 16.6 Å². The minimum absolute atomic E-state index is 0.0101. The molecule has 2 N–H and O–H groups in total. The maximum atomic E-state index is 12.3. The SMILES string of the molecule is O=C(CCn1c(=O)[nH]c2ccccc2c1=O)Nc1nccs1. The van der Waals surface area contributed by atoms with E-state index in [1.165, 1.54) is 11.3 Å². The smallest absolute Gasteiger partial charge is 0.307 e. The first-order valence-corrected chi connectivity index (χ1v) is 7.44. The Morgan fingerprint density at radius 2 is 2.14 bits per heavy atom. The monoisotopic (exact) mass is 316 g/mol. The first-order valence-electron chi connectivity index (χ1n) is 6.56. The highest BCUT2D eigenvalue weighted by molar-refractivity contribution is 7.13. The van der Waals surface area contributed by atoms with Crippen LogP contribution in [0.15, 0.2) is 45.4 Å². The highest BCUT2D eigenvalue weighted by Crippen LogP contribution is 2.10. The lowest BCUT2D eigenvalue weighted by atomic mass is 10.2. The van der Waals surface area contributed by atoms with Crippen LogP contribution in [0.25, 0.3) is 10.9 Å². The van der Waals surface area contributed by atoms with Crippen molar-refractivity contribution in [1.82, 2.24) is 14.5 Å². The van der Waals surface area contributed by atoms with Crippen molar-refractivity contribution < 1.29 is 4.79 Å². The van der Waals surface area contributed by atoms with E-state index in [9.17, 15) is 14.4 Å². The number of aromatic nitrogens is 3. The lowest BCUT2D eigenvalue weighted by molar-refractivity contribution is -0.116. The molecule has 0 atom stereocenters. The van der Waals surface area contributed by atoms with Crippen LogP contribution in [0, 0.1) is 0 Å². The predicted molar refractivity (Wildman–Crippen MR) is 84.2 cm³/mol. The maximum Gasteiger partial charge on any atom is 0.328 e. The molecule has 0 spiro atoms. The fourth-order valence-corrected chi connectivity index (χ4v) is 2.63. The number of benzene rings is 1. The van der Waals surface area contributed by atoms with E-state index in [4.69, 9.17) is 0 Å². The number of para-hydroxylation sites is 1. The molecule has 0 fully saturated rings. The zero-order valence-electron chi connectivity index (χ0n) is 11.4. The Balaban J connectivity index is 1.81. The molecule has 0 radical (unpaired) electrons. The molecule has 0 aliphatic heterocycles. The van der Waals surface area contributed by atoms with E-state index in [-0.39, 0.29) is 18.9 Å². The third-order valence-corrected chi connectivity index (χ3v) is 3.82. The van der Waals surface area contributed by atoms with Crippen LogP contribution in [0.3, 0.4) is 0 Å². The van der Waals surface area contributed by atoms with Crippen molar-refractivity contribution in [3.63, 3.8) is 0 Å². The fourth-order valence-electron chi connectivity index (χ4n) is 2.08. The number of H-pyrrole nitrogens is 1. The van der Waals surface area contributed by atoms with Gasteiger partial charge in [-0.05, 0) is 12.1 Å². The Labute approximate surface area is 128 Å². The average Bonchev–Trinajstić information content (AvgIpc) is 3.00. The quantitative estimate of drug-likeness (QED) is 0.755. The average molecular weight is 316 g/mol. The molecule has 2 heterocycles. The molecule has 22 heavy (non-hydrogen) atoms. The second-order valence-electron chi connectivity index (χ2n) is 4.57. The lowest BCUT2D eigenvalue weighted by Crippen LogP contribution is -2.36. The van der Waals surface area contributed by atoms with Gasteiger partial charge in [-0.1, -0.05) is 12.1 Å². The molecule has 3 rings (SSSR count). The molecule has 0 unspecified atom stereocenters. The van der Waals surface area contributed by atoms with Crippen LogP contribution in [0.4, 0.5) is 5.13 Å². The summed E-state index contributed by atoms with van der Waals surface area (Å²) in [6.45, 7) is 0.0101. The summed E-state index contributed by atoms with van der Waals surface area (Å²) < 4.78 is 1.03. The molecular weight excluding hydrogens is 304 g/mol. The van der Waals surface area contributed by atoms with Crippen molar-refractivity contribution in [2.45, 2.75) is 13.0 Å². The summed E-state index contributed by atoms with van der Waals surface area (Å²) in [6.07, 6.45) is 1.60. The number of hydrogen-bond acceptors (Lipinski definition) is 5. The summed E-state index contributed by atoms with van der Waals surface area (Å²) in [5.74, 6) is -0.297. The molecule has 2 aromatic heterocycles. The summed E-state index contributed by atoms with van der Waals surface area (Å²) in [4.78, 5) is 42.6. The Bertz CT molecular complexity index is 927. The fraction of sp³-hybridized carbons (Fsp3) is 0.143. The van der Waals surface area contributed by atoms with Gasteiger partial charge in [0.15, 0.2) is 5.13 Å². The van der Waals surface area contributed by atoms with Crippen molar-refractivity contribution in [1.29, 1.82) is 0 Å². The largest absolute Gasteiger partial charge is 0.328 e. The molecule has 112 valence electrons. The number of fused-ring (bicyclic) bond motifs is 1. The third kappa shape index (κ3) is 2.82. The van der Waals surface area contributed by atoms with Crippen molar-refractivity contribution in [2.75, 3.05) is 5.32 Å². The van der Waals surface area contributed by atoms with Gasteiger partial charge in [-0.3, -0.25) is 14.2 Å². The van der Waals surface area contributed by atoms with Crippen LogP contribution in [0.5, 0.6) is 0 Å². The number of aromatic amines is 1. The first-order chi connectivity index (χ1) is 10.6. The van der Waals surface area contributed by atoms with Crippen molar-refractivity contribution in [2.24, 2.45) is 0 Å². The minimum Gasteiger partial charge on any atom is -0.307 e. The number of nitrogens with zero attached hydrogens (tertiary/aromatic N) is 2. The number of rotatable bonds is 4. The minimum atomic E-state index is -0.522. The summed E-state index contributed by atoms with van der Waals surface area (Å²) in [7, 11) is 0. The van der Waals surface area contributed by atoms with Gasteiger partial charge in [0, 0.05) is 24.5 Å². The van der Waals surface area contributed by atoms with Crippen molar-refractivity contribution >= 4 is 33.3 Å². The van der Waals surface area contributed by atoms with Crippen LogP contribution in [0.2, 0.25) is 0 Å². The number of hydrogen-bond donors (Lipinski definition) is 2. The third-order valence-electron chi connectivity index (χ3n) is 3.13. The van der Waals surface area contributed by atoms with E-state index in [1.807, 2.05) is 0 Å². The van der Waals surface area contributed by atoms with Gasteiger partial charge in [0.25, 0.3) is 5.56 Å². The highest BCUT2D eigenvalue weighted by atomic mass is 32.1. The topological polar surface area (TPSA) is 96.9 Å². The van der Waals surface area contributed by atoms with Gasteiger partial charge in [-0.15, -0.1) is 11.3 Å². The first kappa shape index (κ1) is 14.2. The maximum absolute atomic E-state index is 12.3. The van der Waals surface area contributed by atoms with E-state index in [1.54, 1.807) is 35.8 Å². The molecule has 1 aromatic carbocycles. The Morgan fingerprint density at radius 3 is 2.91 bits per heavy atom. The van der Waals surface area contributed by atoms with E-state index in [2.05, 4.69) is 15.3 Å². The molecule has 1 amide bonds. The van der Waals surface area contributed by atoms with Crippen LogP contribution in [-0.2, 0) is 11.3 Å². The van der Waals surface area contributed by atoms with E-state index in [0.29, 0.717) is 16.0 Å². The van der Waals surface area contributed by atoms with Gasteiger partial charge in [0.1, 0.15) is 0 Å². The summed E-state index contributed by atoms with van der Waals surface area (Å²) in [5, 5.41) is 5.26. The van der Waals surface area contributed by atoms with E-state index in [0.717, 1.165) is 4.57 Å². The van der Waals surface area contributed by atoms with Crippen LogP contribution >= 0.6 is 11.3 Å². The molecular formula is C14H12N4O3S. The van der Waals surface area contributed by atoms with Gasteiger partial charge in [-0.25, -0.2) is 9.78 Å². The normalized spacial score (nSPS) is 10.7. The van der Waals surface area contributed by atoms with Crippen molar-refractivity contribution in [3.8, 4) is 0 Å². The standard InChI is InChI=1S/C14H12N4O3S/c19-11(17-13-15-6-8-22-13)5-7-18-12(20)9-3-1-2-4-10(9)16-14(18)21/h1-4,6,8H,5,7H2,(H,16,21)(H,15,17,19). The van der Waals surface area contributed by atoms with Crippen LogP contribution in [0.1, 0.15) is 6.42 Å². The lowest BCUT2D eigenvalue weighted by Gasteiger charge is -2.06. The second kappa shape index (κ2) is 5.94. The molecule has 3 aromatic rings. The van der Waals surface area contributed by atoms with Crippen LogP contribution in [-0.4, -0.2) is 20.4 Å².